The van der Waals surface area contributed by atoms with Gasteiger partial charge in [0.1, 0.15) is 5.65 Å². The number of H-pyrrole nitrogens is 1. The van der Waals surface area contributed by atoms with Gasteiger partial charge in [0.2, 0.25) is 0 Å². The Morgan fingerprint density at radius 2 is 2.15 bits per heavy atom. The fourth-order valence-electron chi connectivity index (χ4n) is 4.99. The Morgan fingerprint density at radius 3 is 2.93 bits per heavy atom. The Balaban J connectivity index is 1.45. The van der Waals surface area contributed by atoms with Crippen molar-refractivity contribution >= 4 is 28.5 Å². The molecule has 27 heavy (non-hydrogen) atoms. The molecule has 5 rings (SSSR count). The van der Waals surface area contributed by atoms with Crippen LogP contribution < -0.4 is 5.32 Å². The number of pyridine rings is 1. The third-order valence-corrected chi connectivity index (χ3v) is 6.49. The molecule has 2 bridgehead atoms. The van der Waals surface area contributed by atoms with Crippen LogP contribution in [0.2, 0.25) is 5.02 Å². The molecule has 4 atom stereocenters. The summed E-state index contributed by atoms with van der Waals surface area (Å²) >= 11 is 6.07. The molecule has 0 aliphatic heterocycles. The van der Waals surface area contributed by atoms with E-state index in [1.54, 1.807) is 12.4 Å². The molecule has 0 radical (unpaired) electrons. The summed E-state index contributed by atoms with van der Waals surface area (Å²) in [5, 5.41) is 4.68. The van der Waals surface area contributed by atoms with Crippen LogP contribution in [0.25, 0.3) is 22.4 Å². The summed E-state index contributed by atoms with van der Waals surface area (Å²) in [4.78, 5) is 16.0. The highest BCUT2D eigenvalue weighted by molar-refractivity contribution is 6.31. The number of aromatic amines is 1. The van der Waals surface area contributed by atoms with Crippen molar-refractivity contribution in [3.63, 3.8) is 0 Å². The molecule has 2 saturated carbocycles. The molecular formula is C20H21ClFN5. The van der Waals surface area contributed by atoms with Crippen molar-refractivity contribution in [3.8, 4) is 11.4 Å². The normalized spacial score (nSPS) is 25.2. The number of nitrogens with zero attached hydrogens (tertiary/aromatic N) is 3. The summed E-state index contributed by atoms with van der Waals surface area (Å²) in [5.41, 5.74) is 1.46. The first-order valence-electron chi connectivity index (χ1n) is 9.50. The molecule has 4 unspecified atom stereocenters. The van der Waals surface area contributed by atoms with Gasteiger partial charge in [-0.15, -0.1) is 0 Å². The van der Waals surface area contributed by atoms with E-state index in [9.17, 15) is 4.39 Å². The van der Waals surface area contributed by atoms with Gasteiger partial charge in [-0.3, -0.25) is 0 Å². The SMILES string of the molecule is CC(Nc1nc(-c2c[nH]c3ncc(Cl)cc23)ncc1F)C1CC2CCC1C2. The van der Waals surface area contributed by atoms with E-state index in [1.165, 1.54) is 31.9 Å². The van der Waals surface area contributed by atoms with E-state index in [0.29, 0.717) is 22.4 Å². The largest absolute Gasteiger partial charge is 0.365 e. The second-order valence-electron chi connectivity index (χ2n) is 7.91. The van der Waals surface area contributed by atoms with Crippen molar-refractivity contribution in [3.05, 3.63) is 35.5 Å². The van der Waals surface area contributed by atoms with Gasteiger partial charge in [-0.25, -0.2) is 19.3 Å². The highest BCUT2D eigenvalue weighted by atomic mass is 35.5. The summed E-state index contributed by atoms with van der Waals surface area (Å²) < 4.78 is 14.4. The fourth-order valence-corrected chi connectivity index (χ4v) is 5.15. The molecule has 7 heteroatoms. The minimum atomic E-state index is -0.426. The number of aromatic nitrogens is 4. The van der Waals surface area contributed by atoms with Crippen LogP contribution in [0.3, 0.4) is 0 Å². The lowest BCUT2D eigenvalue weighted by Gasteiger charge is -2.29. The maximum atomic E-state index is 14.4. The summed E-state index contributed by atoms with van der Waals surface area (Å²) in [6.07, 6.45) is 9.83. The van der Waals surface area contributed by atoms with Gasteiger partial charge in [0.05, 0.1) is 11.2 Å². The molecule has 2 aliphatic rings. The second-order valence-corrected chi connectivity index (χ2v) is 8.35. The number of hydrogen-bond donors (Lipinski definition) is 2. The quantitative estimate of drug-likeness (QED) is 0.659. The van der Waals surface area contributed by atoms with Crippen LogP contribution >= 0.6 is 11.6 Å². The number of hydrogen-bond acceptors (Lipinski definition) is 4. The number of fused-ring (bicyclic) bond motifs is 3. The first kappa shape index (κ1) is 16.9. The predicted octanol–water partition coefficient (Wildman–Crippen LogP) is 5.05. The third-order valence-electron chi connectivity index (χ3n) is 6.28. The molecule has 140 valence electrons. The predicted molar refractivity (Wildman–Crippen MR) is 104 cm³/mol. The Kier molecular flexibility index (Phi) is 4.04. The molecule has 2 aliphatic carbocycles. The van der Waals surface area contributed by atoms with E-state index >= 15 is 0 Å². The van der Waals surface area contributed by atoms with E-state index in [4.69, 9.17) is 11.6 Å². The molecule has 5 nitrogen and oxygen atoms in total. The van der Waals surface area contributed by atoms with Crippen molar-refractivity contribution in [2.24, 2.45) is 17.8 Å². The first-order valence-corrected chi connectivity index (χ1v) is 9.88. The maximum absolute atomic E-state index is 14.4. The van der Waals surface area contributed by atoms with Gasteiger partial charge in [0.15, 0.2) is 17.5 Å². The standard InChI is InChI=1S/C20H21ClFN5/c1-10(14-5-11-2-3-12(14)4-11)26-20-17(22)9-25-19(27-20)16-8-24-18-15(16)6-13(21)7-23-18/h6-12,14H,2-5H2,1H3,(H,23,24)(H,25,26,27). The lowest BCUT2D eigenvalue weighted by atomic mass is 9.84. The maximum Gasteiger partial charge on any atom is 0.183 e. The number of halogens is 2. The number of rotatable bonds is 4. The summed E-state index contributed by atoms with van der Waals surface area (Å²) in [6.45, 7) is 2.14. The molecule has 0 saturated heterocycles. The van der Waals surface area contributed by atoms with Crippen molar-refractivity contribution in [1.82, 2.24) is 19.9 Å². The van der Waals surface area contributed by atoms with Crippen molar-refractivity contribution in [2.75, 3.05) is 5.32 Å². The molecule has 2 fully saturated rings. The number of nitrogens with one attached hydrogen (secondary N) is 2. The third kappa shape index (κ3) is 2.96. The Labute approximate surface area is 161 Å². The molecule has 0 aromatic carbocycles. The highest BCUT2D eigenvalue weighted by Crippen LogP contribution is 2.49. The molecule has 3 heterocycles. The van der Waals surface area contributed by atoms with Crippen molar-refractivity contribution < 1.29 is 4.39 Å². The van der Waals surface area contributed by atoms with Gasteiger partial charge in [-0.2, -0.15) is 0 Å². The molecule has 0 spiro atoms. The average Bonchev–Trinajstić information content (AvgIpc) is 3.38. The van der Waals surface area contributed by atoms with E-state index in [2.05, 4.69) is 32.2 Å². The molecule has 3 aromatic heterocycles. The van der Waals surface area contributed by atoms with Crippen molar-refractivity contribution in [2.45, 2.75) is 38.6 Å². The summed E-state index contributed by atoms with van der Waals surface area (Å²) in [5.74, 6) is 2.51. The lowest BCUT2D eigenvalue weighted by Crippen LogP contribution is -2.30. The van der Waals surface area contributed by atoms with Crippen LogP contribution in [-0.4, -0.2) is 26.0 Å². The van der Waals surface area contributed by atoms with Crippen LogP contribution in [0.15, 0.2) is 24.7 Å². The van der Waals surface area contributed by atoms with Gasteiger partial charge in [-0.05, 0) is 50.0 Å². The van der Waals surface area contributed by atoms with Gasteiger partial charge in [-0.1, -0.05) is 18.0 Å². The van der Waals surface area contributed by atoms with E-state index in [-0.39, 0.29) is 11.9 Å². The molecule has 2 N–H and O–H groups in total. The monoisotopic (exact) mass is 385 g/mol. The summed E-state index contributed by atoms with van der Waals surface area (Å²) in [7, 11) is 0. The first-order chi connectivity index (χ1) is 13.1. The molecular weight excluding hydrogens is 365 g/mol. The Hall–Kier alpha value is -2.21. The molecule has 3 aromatic rings. The van der Waals surface area contributed by atoms with Gasteiger partial charge >= 0.3 is 0 Å². The zero-order valence-electron chi connectivity index (χ0n) is 15.0. The topological polar surface area (TPSA) is 66.5 Å². The summed E-state index contributed by atoms with van der Waals surface area (Å²) in [6, 6.07) is 2.00. The Morgan fingerprint density at radius 1 is 1.26 bits per heavy atom. The Bertz CT molecular complexity index is 1000. The smallest absolute Gasteiger partial charge is 0.183 e. The number of anilines is 1. The zero-order chi connectivity index (χ0) is 18.5. The minimum absolute atomic E-state index is 0.191. The fraction of sp³-hybridized carbons (Fsp3) is 0.450. The van der Waals surface area contributed by atoms with Gasteiger partial charge in [0.25, 0.3) is 0 Å². The van der Waals surface area contributed by atoms with Crippen LogP contribution in [0, 0.1) is 23.6 Å². The van der Waals surface area contributed by atoms with Crippen molar-refractivity contribution in [1.29, 1.82) is 0 Å². The van der Waals surface area contributed by atoms with E-state index in [1.807, 2.05) is 6.07 Å². The van der Waals surface area contributed by atoms with Crippen LogP contribution in [0.1, 0.15) is 32.6 Å². The van der Waals surface area contributed by atoms with Gasteiger partial charge < -0.3 is 10.3 Å². The molecule has 0 amide bonds. The highest BCUT2D eigenvalue weighted by Gasteiger charge is 2.42. The second kappa shape index (κ2) is 6.44. The minimum Gasteiger partial charge on any atom is -0.365 e. The van der Waals surface area contributed by atoms with Gasteiger partial charge in [0, 0.05) is 29.4 Å². The van der Waals surface area contributed by atoms with Crippen LogP contribution in [-0.2, 0) is 0 Å². The lowest BCUT2D eigenvalue weighted by molar-refractivity contribution is 0.303. The van der Waals surface area contributed by atoms with Crippen LogP contribution in [0.4, 0.5) is 10.2 Å². The van der Waals surface area contributed by atoms with E-state index in [0.717, 1.165) is 22.8 Å². The van der Waals surface area contributed by atoms with Crippen LogP contribution in [0.5, 0.6) is 0 Å². The zero-order valence-corrected chi connectivity index (χ0v) is 15.8. The van der Waals surface area contributed by atoms with E-state index < -0.39 is 5.82 Å². The average molecular weight is 386 g/mol.